The van der Waals surface area contributed by atoms with Crippen LogP contribution in [0.4, 0.5) is 11.4 Å². The number of hydrogen-bond donors (Lipinski definition) is 1. The van der Waals surface area contributed by atoms with Gasteiger partial charge in [0, 0.05) is 24.2 Å². The fourth-order valence-electron chi connectivity index (χ4n) is 4.03. The maximum absolute atomic E-state index is 13.1. The molecule has 28 heavy (non-hydrogen) atoms. The van der Waals surface area contributed by atoms with Gasteiger partial charge in [0.25, 0.3) is 0 Å². The van der Waals surface area contributed by atoms with E-state index >= 15 is 0 Å². The molecule has 0 spiro atoms. The van der Waals surface area contributed by atoms with Crippen LogP contribution in [0.1, 0.15) is 39.8 Å². The first kappa shape index (κ1) is 17.5. The highest BCUT2D eigenvalue weighted by molar-refractivity contribution is 7.18. The molecule has 1 N–H and O–H groups in total. The maximum atomic E-state index is 13.1. The average Bonchev–Trinajstić information content (AvgIpc) is 3.25. The summed E-state index contributed by atoms with van der Waals surface area (Å²) in [7, 11) is 0. The Morgan fingerprint density at radius 1 is 1.21 bits per heavy atom. The van der Waals surface area contributed by atoms with Crippen LogP contribution < -0.4 is 4.90 Å². The molecule has 2 aliphatic rings. The van der Waals surface area contributed by atoms with Crippen molar-refractivity contribution in [1.82, 2.24) is 4.98 Å². The van der Waals surface area contributed by atoms with Gasteiger partial charge in [-0.25, -0.2) is 9.98 Å². The Hall–Kier alpha value is -2.57. The minimum Gasteiger partial charge on any atom is -0.374 e. The quantitative estimate of drug-likeness (QED) is 0.706. The molecule has 0 bridgehead atoms. The Kier molecular flexibility index (Phi) is 3.73. The SMILES string of the molecule is CCc1nc2cc(N3CCC4(O)C(=O)c5cc(C)c(C)cc5N=C34)ccc2s1. The third-order valence-corrected chi connectivity index (χ3v) is 6.99. The highest BCUT2D eigenvalue weighted by Gasteiger charge is 2.52. The largest absolute Gasteiger partial charge is 0.374 e. The lowest BCUT2D eigenvalue weighted by atomic mass is 9.86. The summed E-state index contributed by atoms with van der Waals surface area (Å²) in [6, 6.07) is 9.89. The summed E-state index contributed by atoms with van der Waals surface area (Å²) < 4.78 is 1.15. The van der Waals surface area contributed by atoms with Crippen molar-refractivity contribution in [3.05, 3.63) is 52.0 Å². The highest BCUT2D eigenvalue weighted by Crippen LogP contribution is 2.41. The van der Waals surface area contributed by atoms with Gasteiger partial charge in [-0.3, -0.25) is 4.79 Å². The van der Waals surface area contributed by atoms with E-state index in [1.807, 2.05) is 43.0 Å². The first-order chi connectivity index (χ1) is 13.4. The zero-order chi connectivity index (χ0) is 19.6. The number of ketones is 1. The zero-order valence-electron chi connectivity index (χ0n) is 16.1. The second kappa shape index (κ2) is 5.96. The summed E-state index contributed by atoms with van der Waals surface area (Å²) in [5, 5.41) is 12.3. The number of aliphatic hydroxyl groups is 1. The predicted molar refractivity (Wildman–Crippen MR) is 113 cm³/mol. The van der Waals surface area contributed by atoms with E-state index in [4.69, 9.17) is 4.99 Å². The van der Waals surface area contributed by atoms with E-state index < -0.39 is 5.60 Å². The van der Waals surface area contributed by atoms with Crippen LogP contribution in [-0.2, 0) is 6.42 Å². The van der Waals surface area contributed by atoms with Crippen molar-refractivity contribution in [1.29, 1.82) is 0 Å². The molecule has 3 aromatic rings. The molecule has 1 aromatic heterocycles. The number of benzene rings is 2. The molecule has 5 nitrogen and oxygen atoms in total. The zero-order valence-corrected chi connectivity index (χ0v) is 16.9. The number of aryl methyl sites for hydroxylation is 3. The van der Waals surface area contributed by atoms with Crippen LogP contribution in [0.3, 0.4) is 0 Å². The van der Waals surface area contributed by atoms with Crippen LogP contribution in [0.5, 0.6) is 0 Å². The molecule has 0 aliphatic carbocycles. The summed E-state index contributed by atoms with van der Waals surface area (Å²) in [5.41, 5.74) is 3.58. The number of fused-ring (bicyclic) bond motifs is 3. The average molecular weight is 391 g/mol. The summed E-state index contributed by atoms with van der Waals surface area (Å²) >= 11 is 1.70. The molecule has 1 unspecified atom stereocenters. The van der Waals surface area contributed by atoms with Crippen molar-refractivity contribution >= 4 is 44.5 Å². The topological polar surface area (TPSA) is 65.8 Å². The molecule has 0 amide bonds. The molecule has 6 heteroatoms. The number of nitrogens with zero attached hydrogens (tertiary/aromatic N) is 3. The summed E-state index contributed by atoms with van der Waals surface area (Å²) in [6.45, 7) is 6.63. The molecule has 0 saturated carbocycles. The summed E-state index contributed by atoms with van der Waals surface area (Å²) in [6.07, 6.45) is 1.25. The molecule has 3 heterocycles. The van der Waals surface area contributed by atoms with Gasteiger partial charge in [0.2, 0.25) is 5.78 Å². The van der Waals surface area contributed by atoms with Crippen molar-refractivity contribution in [3.63, 3.8) is 0 Å². The van der Waals surface area contributed by atoms with Gasteiger partial charge in [-0.15, -0.1) is 11.3 Å². The van der Waals surface area contributed by atoms with E-state index in [0.717, 1.165) is 38.5 Å². The van der Waals surface area contributed by atoms with Gasteiger partial charge in [0.15, 0.2) is 5.60 Å². The van der Waals surface area contributed by atoms with Gasteiger partial charge in [0.1, 0.15) is 5.84 Å². The fraction of sp³-hybridized carbons (Fsp3) is 0.318. The van der Waals surface area contributed by atoms with Gasteiger partial charge in [-0.05, 0) is 61.7 Å². The Balaban J connectivity index is 1.64. The van der Waals surface area contributed by atoms with Crippen LogP contribution in [0, 0.1) is 13.8 Å². The van der Waals surface area contributed by atoms with Crippen LogP contribution in [-0.4, -0.2) is 33.9 Å². The van der Waals surface area contributed by atoms with E-state index in [-0.39, 0.29) is 5.78 Å². The normalized spacial score (nSPS) is 21.1. The second-order valence-corrected chi connectivity index (χ2v) is 8.71. The molecule has 1 saturated heterocycles. The molecule has 0 radical (unpaired) electrons. The number of thiazole rings is 1. The van der Waals surface area contributed by atoms with Crippen molar-refractivity contribution in [2.75, 3.05) is 11.4 Å². The molecular formula is C22H21N3O2S. The number of aromatic nitrogens is 1. The second-order valence-electron chi connectivity index (χ2n) is 7.59. The molecule has 142 valence electrons. The van der Waals surface area contributed by atoms with E-state index in [2.05, 4.69) is 18.0 Å². The number of hydrogen-bond acceptors (Lipinski definition) is 6. The van der Waals surface area contributed by atoms with Gasteiger partial charge in [0.05, 0.1) is 20.9 Å². The van der Waals surface area contributed by atoms with Crippen LogP contribution >= 0.6 is 11.3 Å². The highest BCUT2D eigenvalue weighted by atomic mass is 32.1. The summed E-state index contributed by atoms with van der Waals surface area (Å²) in [4.78, 5) is 24.5. The molecule has 1 fully saturated rings. The lowest BCUT2D eigenvalue weighted by molar-refractivity contribution is 0.0602. The predicted octanol–water partition coefficient (Wildman–Crippen LogP) is 4.34. The van der Waals surface area contributed by atoms with E-state index in [1.54, 1.807) is 11.3 Å². The van der Waals surface area contributed by atoms with E-state index in [0.29, 0.717) is 30.1 Å². The van der Waals surface area contributed by atoms with Crippen molar-refractivity contribution in [2.45, 2.75) is 39.2 Å². The monoisotopic (exact) mass is 391 g/mol. The third kappa shape index (κ3) is 2.38. The number of anilines is 1. The number of rotatable bonds is 2. The Bertz CT molecular complexity index is 1180. The number of amidine groups is 1. The van der Waals surface area contributed by atoms with Crippen molar-refractivity contribution in [3.8, 4) is 0 Å². The first-order valence-corrected chi connectivity index (χ1v) is 10.4. The van der Waals surface area contributed by atoms with Crippen LogP contribution in [0.15, 0.2) is 35.3 Å². The third-order valence-electron chi connectivity index (χ3n) is 5.81. The maximum Gasteiger partial charge on any atom is 0.204 e. The molecule has 2 aliphatic heterocycles. The van der Waals surface area contributed by atoms with Crippen molar-refractivity contribution in [2.24, 2.45) is 4.99 Å². The van der Waals surface area contributed by atoms with E-state index in [1.165, 1.54) is 0 Å². The van der Waals surface area contributed by atoms with E-state index in [9.17, 15) is 9.90 Å². The Morgan fingerprint density at radius 3 is 2.79 bits per heavy atom. The molecule has 1 atom stereocenters. The number of carbonyl (C=O) groups excluding carboxylic acids is 1. The number of carbonyl (C=O) groups is 1. The standard InChI is InChI=1S/C22H21N3O2S/c1-4-19-23-17-11-14(5-6-18(17)28-19)25-8-7-22(27)20(26)15-9-12(2)13(3)10-16(15)24-21(22)25/h5-6,9-11,27H,4,7-8H2,1-3H3. The Morgan fingerprint density at radius 2 is 2.00 bits per heavy atom. The number of aliphatic imine (C=N–C) groups is 1. The lowest BCUT2D eigenvalue weighted by Gasteiger charge is -2.30. The molecular weight excluding hydrogens is 370 g/mol. The first-order valence-electron chi connectivity index (χ1n) is 9.55. The van der Waals surface area contributed by atoms with Crippen LogP contribution in [0.25, 0.3) is 10.2 Å². The minimum atomic E-state index is -1.56. The van der Waals surface area contributed by atoms with Crippen molar-refractivity contribution < 1.29 is 9.90 Å². The van der Waals surface area contributed by atoms with Gasteiger partial charge >= 0.3 is 0 Å². The smallest absolute Gasteiger partial charge is 0.204 e. The van der Waals surface area contributed by atoms with Gasteiger partial charge in [-0.1, -0.05) is 6.92 Å². The van der Waals surface area contributed by atoms with Gasteiger partial charge in [-0.2, -0.15) is 0 Å². The minimum absolute atomic E-state index is 0.249. The fourth-order valence-corrected chi connectivity index (χ4v) is 4.92. The lowest BCUT2D eigenvalue weighted by Crippen LogP contribution is -2.48. The van der Waals surface area contributed by atoms with Gasteiger partial charge < -0.3 is 10.0 Å². The van der Waals surface area contributed by atoms with Crippen LogP contribution in [0.2, 0.25) is 0 Å². The summed E-state index contributed by atoms with van der Waals surface area (Å²) in [5.74, 6) is 0.180. The molecule has 2 aromatic carbocycles. The molecule has 5 rings (SSSR count). The Labute approximate surface area is 167 Å². The number of Topliss-reactive ketones (excluding diaryl/α,β-unsaturated/α-hetero) is 1.